The van der Waals surface area contributed by atoms with Gasteiger partial charge in [-0.3, -0.25) is 4.79 Å². The highest BCUT2D eigenvalue weighted by Gasteiger charge is 2.43. The number of hydrogen-bond donors (Lipinski definition) is 1. The molecule has 0 amide bonds. The smallest absolute Gasteiger partial charge is 0.159 e. The summed E-state index contributed by atoms with van der Waals surface area (Å²) < 4.78 is 0. The molecule has 1 N–H and O–H groups in total. The molecule has 0 atom stereocenters. The summed E-state index contributed by atoms with van der Waals surface area (Å²) in [5.74, 6) is 0.139. The van der Waals surface area contributed by atoms with Gasteiger partial charge in [0.2, 0.25) is 0 Å². The molecule has 0 saturated carbocycles. The van der Waals surface area contributed by atoms with Gasteiger partial charge in [-0.05, 0) is 57.1 Å². The summed E-state index contributed by atoms with van der Waals surface area (Å²) in [6, 6.07) is 8.02. The van der Waals surface area contributed by atoms with Gasteiger partial charge in [-0.2, -0.15) is 0 Å². The molecule has 1 aromatic carbocycles. The lowest BCUT2D eigenvalue weighted by atomic mass is 9.72. The van der Waals surface area contributed by atoms with Crippen LogP contribution in [0.3, 0.4) is 0 Å². The van der Waals surface area contributed by atoms with Gasteiger partial charge in [0.15, 0.2) is 5.78 Å². The fourth-order valence-electron chi connectivity index (χ4n) is 3.13. The van der Waals surface area contributed by atoms with Crippen molar-refractivity contribution in [2.75, 3.05) is 31.1 Å². The zero-order chi connectivity index (χ0) is 12.6. The van der Waals surface area contributed by atoms with E-state index < -0.39 is 0 Å². The maximum atomic E-state index is 11.2. The van der Waals surface area contributed by atoms with Crippen LogP contribution in [-0.2, 0) is 0 Å². The zero-order valence-electron chi connectivity index (χ0n) is 10.9. The molecule has 0 bridgehead atoms. The highest BCUT2D eigenvalue weighted by Crippen LogP contribution is 2.40. The minimum atomic E-state index is 0.139. The summed E-state index contributed by atoms with van der Waals surface area (Å²) in [6.07, 6.45) is 2.60. The zero-order valence-corrected chi connectivity index (χ0v) is 10.9. The van der Waals surface area contributed by atoms with Gasteiger partial charge in [0.05, 0.1) is 0 Å². The number of carbonyl (C=O) groups is 1. The predicted molar refractivity (Wildman–Crippen MR) is 73.2 cm³/mol. The van der Waals surface area contributed by atoms with Crippen LogP contribution in [0, 0.1) is 5.41 Å². The summed E-state index contributed by atoms with van der Waals surface area (Å²) in [7, 11) is 0. The van der Waals surface area contributed by atoms with E-state index in [0.717, 1.165) is 18.7 Å². The number of benzene rings is 1. The van der Waals surface area contributed by atoms with Crippen molar-refractivity contribution in [3.05, 3.63) is 29.8 Å². The number of hydrogen-bond acceptors (Lipinski definition) is 3. The first-order valence-corrected chi connectivity index (χ1v) is 6.75. The first-order valence-electron chi connectivity index (χ1n) is 6.75. The van der Waals surface area contributed by atoms with E-state index in [9.17, 15) is 4.79 Å². The van der Waals surface area contributed by atoms with E-state index in [4.69, 9.17) is 0 Å². The Balaban J connectivity index is 1.65. The number of ketones is 1. The molecule has 2 heterocycles. The lowest BCUT2D eigenvalue weighted by Gasteiger charge is -2.53. The highest BCUT2D eigenvalue weighted by atomic mass is 16.1. The predicted octanol–water partition coefficient (Wildman–Crippen LogP) is 2.08. The second-order valence-electron chi connectivity index (χ2n) is 5.71. The minimum Gasteiger partial charge on any atom is -0.370 e. The van der Waals surface area contributed by atoms with Crippen molar-refractivity contribution in [1.82, 2.24) is 5.32 Å². The first-order chi connectivity index (χ1) is 8.69. The maximum Gasteiger partial charge on any atom is 0.159 e. The van der Waals surface area contributed by atoms with Crippen LogP contribution in [0.1, 0.15) is 30.1 Å². The second-order valence-corrected chi connectivity index (χ2v) is 5.71. The molecule has 2 fully saturated rings. The van der Waals surface area contributed by atoms with E-state index in [1.807, 2.05) is 12.1 Å². The monoisotopic (exact) mass is 244 g/mol. The molecule has 18 heavy (non-hydrogen) atoms. The molecule has 2 aliphatic rings. The van der Waals surface area contributed by atoms with Crippen molar-refractivity contribution < 1.29 is 4.79 Å². The number of anilines is 1. The van der Waals surface area contributed by atoms with Crippen molar-refractivity contribution in [1.29, 1.82) is 0 Å². The molecule has 2 saturated heterocycles. The topological polar surface area (TPSA) is 32.3 Å². The normalized spacial score (nSPS) is 21.7. The lowest BCUT2D eigenvalue weighted by Crippen LogP contribution is -2.60. The van der Waals surface area contributed by atoms with Crippen molar-refractivity contribution in [3.63, 3.8) is 0 Å². The summed E-state index contributed by atoms with van der Waals surface area (Å²) in [5.41, 5.74) is 2.62. The van der Waals surface area contributed by atoms with Gasteiger partial charge in [0.1, 0.15) is 0 Å². The SMILES string of the molecule is CC(=O)c1ccc(N2CC3(CCNCC3)C2)cc1. The van der Waals surface area contributed by atoms with Gasteiger partial charge >= 0.3 is 0 Å². The molecule has 3 nitrogen and oxygen atoms in total. The minimum absolute atomic E-state index is 0.139. The molecule has 2 aliphatic heterocycles. The molecule has 96 valence electrons. The van der Waals surface area contributed by atoms with E-state index in [1.165, 1.54) is 31.6 Å². The molecular formula is C15H20N2O. The molecule has 3 rings (SSSR count). The largest absolute Gasteiger partial charge is 0.370 e. The van der Waals surface area contributed by atoms with E-state index >= 15 is 0 Å². The van der Waals surface area contributed by atoms with Crippen LogP contribution in [0.5, 0.6) is 0 Å². The summed E-state index contributed by atoms with van der Waals surface area (Å²) in [4.78, 5) is 13.7. The Bertz CT molecular complexity index is 438. The quantitative estimate of drug-likeness (QED) is 0.808. The number of piperidine rings is 1. The number of rotatable bonds is 2. The van der Waals surface area contributed by atoms with Crippen molar-refractivity contribution in [2.24, 2.45) is 5.41 Å². The molecule has 1 spiro atoms. The van der Waals surface area contributed by atoms with Crippen LogP contribution in [-0.4, -0.2) is 32.0 Å². The Hall–Kier alpha value is -1.35. The Morgan fingerprint density at radius 1 is 1.17 bits per heavy atom. The highest BCUT2D eigenvalue weighted by molar-refractivity contribution is 5.94. The summed E-state index contributed by atoms with van der Waals surface area (Å²) in [6.45, 7) is 6.29. The molecule has 0 aliphatic carbocycles. The van der Waals surface area contributed by atoms with Gasteiger partial charge in [-0.15, -0.1) is 0 Å². The lowest BCUT2D eigenvalue weighted by molar-refractivity contribution is 0.101. The fourth-order valence-corrected chi connectivity index (χ4v) is 3.13. The van der Waals surface area contributed by atoms with E-state index in [2.05, 4.69) is 22.3 Å². The molecule has 1 aromatic rings. The molecule has 3 heteroatoms. The molecule has 0 aromatic heterocycles. The number of Topliss-reactive ketones (excluding diaryl/α,β-unsaturated/α-hetero) is 1. The van der Waals surface area contributed by atoms with E-state index in [1.54, 1.807) is 6.92 Å². The van der Waals surface area contributed by atoms with Crippen molar-refractivity contribution in [3.8, 4) is 0 Å². The third kappa shape index (κ3) is 2.03. The average molecular weight is 244 g/mol. The van der Waals surface area contributed by atoms with Crippen LogP contribution in [0.2, 0.25) is 0 Å². The van der Waals surface area contributed by atoms with Crippen LogP contribution >= 0.6 is 0 Å². The van der Waals surface area contributed by atoms with Gasteiger partial charge < -0.3 is 10.2 Å². The van der Waals surface area contributed by atoms with Gasteiger partial charge in [0, 0.05) is 29.8 Å². The Morgan fingerprint density at radius 3 is 2.33 bits per heavy atom. The molecular weight excluding hydrogens is 224 g/mol. The standard InChI is InChI=1S/C15H20N2O/c1-12(18)13-2-4-14(5-3-13)17-10-15(11-17)6-8-16-9-7-15/h2-5,16H,6-11H2,1H3. The fraction of sp³-hybridized carbons (Fsp3) is 0.533. The van der Waals surface area contributed by atoms with Crippen LogP contribution in [0.15, 0.2) is 24.3 Å². The third-order valence-electron chi connectivity index (χ3n) is 4.36. The third-order valence-corrected chi connectivity index (χ3v) is 4.36. The summed E-state index contributed by atoms with van der Waals surface area (Å²) >= 11 is 0. The molecule has 0 unspecified atom stereocenters. The Labute approximate surface area is 108 Å². The second kappa shape index (κ2) is 4.39. The van der Waals surface area contributed by atoms with Crippen LogP contribution in [0.25, 0.3) is 0 Å². The maximum absolute atomic E-state index is 11.2. The van der Waals surface area contributed by atoms with E-state index in [0.29, 0.717) is 5.41 Å². The summed E-state index contributed by atoms with van der Waals surface area (Å²) in [5, 5.41) is 3.43. The average Bonchev–Trinajstić information content (AvgIpc) is 2.37. The van der Waals surface area contributed by atoms with Crippen LogP contribution < -0.4 is 10.2 Å². The van der Waals surface area contributed by atoms with E-state index in [-0.39, 0.29) is 5.78 Å². The molecule has 0 radical (unpaired) electrons. The number of carbonyl (C=O) groups excluding carboxylic acids is 1. The van der Waals surface area contributed by atoms with Gasteiger partial charge in [-0.1, -0.05) is 0 Å². The van der Waals surface area contributed by atoms with Gasteiger partial charge in [-0.25, -0.2) is 0 Å². The first kappa shape index (κ1) is 11.7. The number of nitrogens with one attached hydrogen (secondary N) is 1. The number of nitrogens with zero attached hydrogens (tertiary/aromatic N) is 1. The Morgan fingerprint density at radius 2 is 1.78 bits per heavy atom. The van der Waals surface area contributed by atoms with Crippen molar-refractivity contribution in [2.45, 2.75) is 19.8 Å². The van der Waals surface area contributed by atoms with Crippen molar-refractivity contribution >= 4 is 11.5 Å². The van der Waals surface area contributed by atoms with Gasteiger partial charge in [0.25, 0.3) is 0 Å². The Kier molecular flexibility index (Phi) is 2.86. The van der Waals surface area contributed by atoms with Crippen LogP contribution in [0.4, 0.5) is 5.69 Å².